The summed E-state index contributed by atoms with van der Waals surface area (Å²) in [6.45, 7) is 3.67. The molecule has 0 radical (unpaired) electrons. The quantitative estimate of drug-likeness (QED) is 0.794. The molecule has 1 aliphatic heterocycles. The van der Waals surface area contributed by atoms with Crippen LogP contribution < -0.4 is 10.6 Å². The Morgan fingerprint density at radius 3 is 2.81 bits per heavy atom. The van der Waals surface area contributed by atoms with Gasteiger partial charge in [0.15, 0.2) is 0 Å². The van der Waals surface area contributed by atoms with Gasteiger partial charge in [0.25, 0.3) is 0 Å². The molecule has 1 heterocycles. The molecule has 0 saturated carbocycles. The maximum atomic E-state index is 12.0. The largest absolute Gasteiger partial charge is 0.478 e. The lowest BCUT2D eigenvalue weighted by Gasteiger charge is -2.30. The van der Waals surface area contributed by atoms with Gasteiger partial charge in [-0.25, -0.2) is 9.59 Å². The number of aromatic carboxylic acids is 1. The molecule has 1 aliphatic rings. The van der Waals surface area contributed by atoms with E-state index in [0.29, 0.717) is 5.69 Å². The van der Waals surface area contributed by atoms with E-state index in [-0.39, 0.29) is 17.6 Å². The van der Waals surface area contributed by atoms with E-state index < -0.39 is 5.97 Å². The van der Waals surface area contributed by atoms with Gasteiger partial charge in [0.2, 0.25) is 0 Å². The van der Waals surface area contributed by atoms with E-state index in [1.165, 1.54) is 0 Å². The van der Waals surface area contributed by atoms with E-state index in [2.05, 4.69) is 15.5 Å². The van der Waals surface area contributed by atoms with Gasteiger partial charge < -0.3 is 20.6 Å². The number of carbonyl (C=O) groups excluding carboxylic acids is 1. The van der Waals surface area contributed by atoms with Crippen molar-refractivity contribution in [3.63, 3.8) is 0 Å². The molecular weight excluding hydrogens is 270 g/mol. The zero-order valence-corrected chi connectivity index (χ0v) is 12.3. The summed E-state index contributed by atoms with van der Waals surface area (Å²) in [4.78, 5) is 25.4. The normalized spacial score (nSPS) is 19.0. The van der Waals surface area contributed by atoms with Crippen LogP contribution in [0.2, 0.25) is 0 Å². The van der Waals surface area contributed by atoms with Crippen LogP contribution >= 0.6 is 0 Å². The van der Waals surface area contributed by atoms with Crippen molar-refractivity contribution in [2.75, 3.05) is 25.5 Å². The molecule has 1 atom stereocenters. The lowest BCUT2D eigenvalue weighted by Crippen LogP contribution is -2.47. The lowest BCUT2D eigenvalue weighted by atomic mass is 10.1. The van der Waals surface area contributed by atoms with E-state index in [0.717, 1.165) is 31.5 Å². The molecule has 2 rings (SSSR count). The maximum absolute atomic E-state index is 12.0. The van der Waals surface area contributed by atoms with Crippen LogP contribution in [0, 0.1) is 6.92 Å². The highest BCUT2D eigenvalue weighted by molar-refractivity contribution is 6.00. The van der Waals surface area contributed by atoms with Crippen LogP contribution in [0.1, 0.15) is 28.8 Å². The summed E-state index contributed by atoms with van der Waals surface area (Å²) in [6, 6.07) is 4.68. The number of hydrogen-bond donors (Lipinski definition) is 3. The molecule has 0 bridgehead atoms. The second-order valence-electron chi connectivity index (χ2n) is 5.55. The molecule has 2 amide bonds. The second kappa shape index (κ2) is 6.58. The standard InChI is InChI=1S/C15H21N3O3/c1-10-5-6-13(12(8-10)14(19)20)17-15(21)16-11-4-3-7-18(2)9-11/h5-6,8,11H,3-4,7,9H2,1-2H3,(H,19,20)(H2,16,17,21). The van der Waals surface area contributed by atoms with Gasteiger partial charge in [-0.15, -0.1) is 0 Å². The number of anilines is 1. The molecule has 0 spiro atoms. The first-order valence-corrected chi connectivity index (χ1v) is 7.05. The summed E-state index contributed by atoms with van der Waals surface area (Å²) in [5.74, 6) is -1.05. The highest BCUT2D eigenvalue weighted by atomic mass is 16.4. The van der Waals surface area contributed by atoms with Gasteiger partial charge in [-0.05, 0) is 45.5 Å². The minimum atomic E-state index is -1.05. The van der Waals surface area contributed by atoms with Crippen LogP contribution in [0.4, 0.5) is 10.5 Å². The Morgan fingerprint density at radius 1 is 1.38 bits per heavy atom. The number of carboxylic acids is 1. The van der Waals surface area contributed by atoms with Gasteiger partial charge in [0.05, 0.1) is 11.3 Å². The number of urea groups is 1. The first-order chi connectivity index (χ1) is 9.95. The van der Waals surface area contributed by atoms with E-state index in [1.807, 2.05) is 14.0 Å². The monoisotopic (exact) mass is 291 g/mol. The van der Waals surface area contributed by atoms with Crippen LogP contribution in [0.25, 0.3) is 0 Å². The van der Waals surface area contributed by atoms with E-state index in [4.69, 9.17) is 0 Å². The first kappa shape index (κ1) is 15.3. The zero-order chi connectivity index (χ0) is 15.4. The van der Waals surface area contributed by atoms with Crippen molar-refractivity contribution in [3.8, 4) is 0 Å². The van der Waals surface area contributed by atoms with E-state index in [9.17, 15) is 14.7 Å². The molecule has 3 N–H and O–H groups in total. The third-order valence-electron chi connectivity index (χ3n) is 3.61. The van der Waals surface area contributed by atoms with Crippen molar-refractivity contribution in [1.29, 1.82) is 0 Å². The molecule has 1 saturated heterocycles. The Morgan fingerprint density at radius 2 is 2.14 bits per heavy atom. The fourth-order valence-electron chi connectivity index (χ4n) is 2.57. The number of piperidine rings is 1. The van der Waals surface area contributed by atoms with Gasteiger partial charge in [0.1, 0.15) is 0 Å². The summed E-state index contributed by atoms with van der Waals surface area (Å²) >= 11 is 0. The average molecular weight is 291 g/mol. The highest BCUT2D eigenvalue weighted by Gasteiger charge is 2.20. The number of nitrogens with zero attached hydrogens (tertiary/aromatic N) is 1. The summed E-state index contributed by atoms with van der Waals surface area (Å²) in [5.41, 5.74) is 1.26. The number of benzene rings is 1. The Kier molecular flexibility index (Phi) is 4.80. The number of hydrogen-bond acceptors (Lipinski definition) is 3. The van der Waals surface area contributed by atoms with Gasteiger partial charge >= 0.3 is 12.0 Å². The highest BCUT2D eigenvalue weighted by Crippen LogP contribution is 2.17. The van der Waals surface area contributed by atoms with Gasteiger partial charge in [-0.2, -0.15) is 0 Å². The Labute approximate surface area is 124 Å². The number of carbonyl (C=O) groups is 2. The predicted octanol–water partition coefficient (Wildman–Crippen LogP) is 1.91. The van der Waals surface area contributed by atoms with Crippen molar-refractivity contribution in [2.45, 2.75) is 25.8 Å². The summed E-state index contributed by atoms with van der Waals surface area (Å²) < 4.78 is 0. The molecule has 1 aromatic carbocycles. The number of aryl methyl sites for hydroxylation is 1. The number of rotatable bonds is 3. The Bertz CT molecular complexity index is 545. The molecular formula is C15H21N3O3. The maximum Gasteiger partial charge on any atom is 0.337 e. The van der Waals surface area contributed by atoms with Crippen LogP contribution in [-0.4, -0.2) is 48.2 Å². The molecule has 0 aromatic heterocycles. The summed E-state index contributed by atoms with van der Waals surface area (Å²) in [6.07, 6.45) is 1.99. The van der Waals surface area contributed by atoms with Crippen molar-refractivity contribution in [1.82, 2.24) is 10.2 Å². The average Bonchev–Trinajstić information content (AvgIpc) is 2.40. The van der Waals surface area contributed by atoms with Crippen molar-refractivity contribution < 1.29 is 14.7 Å². The minimum Gasteiger partial charge on any atom is -0.478 e. The van der Waals surface area contributed by atoms with E-state index in [1.54, 1.807) is 18.2 Å². The third kappa shape index (κ3) is 4.19. The van der Waals surface area contributed by atoms with Crippen LogP contribution in [0.15, 0.2) is 18.2 Å². The molecule has 1 fully saturated rings. The smallest absolute Gasteiger partial charge is 0.337 e. The first-order valence-electron chi connectivity index (χ1n) is 7.05. The molecule has 6 heteroatoms. The van der Waals surface area contributed by atoms with Crippen LogP contribution in [0.5, 0.6) is 0 Å². The van der Waals surface area contributed by atoms with Crippen LogP contribution in [-0.2, 0) is 0 Å². The van der Waals surface area contributed by atoms with Gasteiger partial charge in [-0.1, -0.05) is 11.6 Å². The molecule has 0 aliphatic carbocycles. The predicted molar refractivity (Wildman–Crippen MR) is 80.8 cm³/mol. The fourth-order valence-corrected chi connectivity index (χ4v) is 2.57. The number of carboxylic acid groups (broad SMARTS) is 1. The number of amides is 2. The number of likely N-dealkylation sites (tertiary alicyclic amines) is 1. The van der Waals surface area contributed by atoms with Crippen molar-refractivity contribution in [3.05, 3.63) is 29.3 Å². The fraction of sp³-hybridized carbons (Fsp3) is 0.467. The number of likely N-dealkylation sites (N-methyl/N-ethyl adjacent to an activating group) is 1. The Balaban J connectivity index is 2.01. The van der Waals surface area contributed by atoms with Crippen molar-refractivity contribution >= 4 is 17.7 Å². The molecule has 1 unspecified atom stereocenters. The third-order valence-corrected chi connectivity index (χ3v) is 3.61. The SMILES string of the molecule is Cc1ccc(NC(=O)NC2CCCN(C)C2)c(C(=O)O)c1. The van der Waals surface area contributed by atoms with Gasteiger partial charge in [-0.3, -0.25) is 0 Å². The minimum absolute atomic E-state index is 0.0995. The Hall–Kier alpha value is -2.08. The topological polar surface area (TPSA) is 81.7 Å². The molecule has 1 aromatic rings. The molecule has 21 heavy (non-hydrogen) atoms. The second-order valence-corrected chi connectivity index (χ2v) is 5.55. The molecule has 6 nitrogen and oxygen atoms in total. The zero-order valence-electron chi connectivity index (χ0n) is 12.3. The van der Waals surface area contributed by atoms with Crippen LogP contribution in [0.3, 0.4) is 0 Å². The van der Waals surface area contributed by atoms with E-state index >= 15 is 0 Å². The summed E-state index contributed by atoms with van der Waals surface area (Å²) in [5, 5.41) is 14.7. The lowest BCUT2D eigenvalue weighted by molar-refractivity contribution is 0.0698. The number of nitrogens with one attached hydrogen (secondary N) is 2. The van der Waals surface area contributed by atoms with Crippen molar-refractivity contribution in [2.24, 2.45) is 0 Å². The molecule has 114 valence electrons. The van der Waals surface area contributed by atoms with Gasteiger partial charge in [0, 0.05) is 12.6 Å². The summed E-state index contributed by atoms with van der Waals surface area (Å²) in [7, 11) is 2.02.